The molecular weight excluding hydrogens is 427 g/mol. The second kappa shape index (κ2) is 10.9. The molecule has 0 bridgehead atoms. The molecule has 0 spiro atoms. The number of carbonyl (C=O) groups excluding carboxylic acids is 3. The molecule has 10 heteroatoms. The van der Waals surface area contributed by atoms with Gasteiger partial charge >= 0.3 is 25.5 Å². The maximum absolute atomic E-state index is 13.0. The van der Waals surface area contributed by atoms with Crippen molar-refractivity contribution in [3.8, 4) is 11.5 Å². The Morgan fingerprint density at radius 1 is 0.871 bits per heavy atom. The molecule has 0 saturated carbocycles. The van der Waals surface area contributed by atoms with E-state index in [0.29, 0.717) is 5.56 Å². The molecule has 0 amide bonds. The first kappa shape index (κ1) is 24.3. The average molecular weight is 450 g/mol. The van der Waals surface area contributed by atoms with Crippen LogP contribution in [0.2, 0.25) is 0 Å². The SMILES string of the molecule is COP(=O)(OC)C(Cc1ccc(OC(C)=O)c(OC(C)=O)c1)OC(=O)c1ccccc1. The zero-order chi connectivity index (χ0) is 23.0. The number of hydrogen-bond acceptors (Lipinski definition) is 9. The third-order valence-corrected chi connectivity index (χ3v) is 6.05. The van der Waals surface area contributed by atoms with Crippen LogP contribution in [-0.4, -0.2) is 38.0 Å². The summed E-state index contributed by atoms with van der Waals surface area (Å²) in [5, 5.41) is 0. The molecule has 1 unspecified atom stereocenters. The minimum Gasteiger partial charge on any atom is -0.445 e. The fourth-order valence-corrected chi connectivity index (χ4v) is 3.93. The first-order valence-corrected chi connectivity index (χ1v) is 10.8. The number of hydrogen-bond donors (Lipinski definition) is 0. The molecule has 2 aromatic carbocycles. The highest BCUT2D eigenvalue weighted by molar-refractivity contribution is 7.54. The highest BCUT2D eigenvalue weighted by atomic mass is 31.2. The van der Waals surface area contributed by atoms with Gasteiger partial charge in [0.25, 0.3) is 0 Å². The van der Waals surface area contributed by atoms with E-state index in [-0.39, 0.29) is 23.5 Å². The predicted octanol–water partition coefficient (Wildman–Crippen LogP) is 3.75. The second-order valence-electron chi connectivity index (χ2n) is 6.30. The number of carbonyl (C=O) groups is 3. The van der Waals surface area contributed by atoms with Gasteiger partial charge in [0.15, 0.2) is 11.5 Å². The summed E-state index contributed by atoms with van der Waals surface area (Å²) in [5.41, 5.74) is 0.726. The van der Waals surface area contributed by atoms with Crippen LogP contribution in [0.25, 0.3) is 0 Å². The first-order valence-electron chi connectivity index (χ1n) is 9.15. The Labute approximate surface area is 179 Å². The predicted molar refractivity (Wildman–Crippen MR) is 110 cm³/mol. The number of esters is 3. The molecule has 0 heterocycles. The molecule has 2 rings (SSSR count). The van der Waals surface area contributed by atoms with Crippen LogP contribution in [0.3, 0.4) is 0 Å². The lowest BCUT2D eigenvalue weighted by Crippen LogP contribution is -2.23. The normalized spacial score (nSPS) is 12.0. The number of benzene rings is 2. The summed E-state index contributed by atoms with van der Waals surface area (Å²) in [6.07, 6.45) is -0.0911. The van der Waals surface area contributed by atoms with Crippen molar-refractivity contribution in [2.75, 3.05) is 14.2 Å². The van der Waals surface area contributed by atoms with Crippen molar-refractivity contribution >= 4 is 25.5 Å². The number of rotatable bonds is 9. The summed E-state index contributed by atoms with van der Waals surface area (Å²) in [6.45, 7) is 2.40. The van der Waals surface area contributed by atoms with E-state index in [1.54, 1.807) is 36.4 Å². The Morgan fingerprint density at radius 2 is 1.45 bits per heavy atom. The molecule has 31 heavy (non-hydrogen) atoms. The molecule has 0 N–H and O–H groups in total. The van der Waals surface area contributed by atoms with Crippen molar-refractivity contribution in [3.05, 3.63) is 59.7 Å². The summed E-state index contributed by atoms with van der Waals surface area (Å²) >= 11 is 0. The first-order chi connectivity index (χ1) is 14.7. The highest BCUT2D eigenvalue weighted by Gasteiger charge is 2.38. The van der Waals surface area contributed by atoms with E-state index in [2.05, 4.69) is 0 Å². The van der Waals surface area contributed by atoms with Gasteiger partial charge in [0, 0.05) is 34.5 Å². The fourth-order valence-electron chi connectivity index (χ4n) is 2.65. The van der Waals surface area contributed by atoms with Gasteiger partial charge in [-0.1, -0.05) is 24.3 Å². The monoisotopic (exact) mass is 450 g/mol. The van der Waals surface area contributed by atoms with Crippen LogP contribution in [0.4, 0.5) is 0 Å². The third-order valence-electron chi connectivity index (χ3n) is 4.04. The minimum absolute atomic E-state index is 0.0157. The molecule has 0 fully saturated rings. The molecule has 0 aliphatic carbocycles. The van der Waals surface area contributed by atoms with Crippen LogP contribution < -0.4 is 9.47 Å². The topological polar surface area (TPSA) is 114 Å². The standard InChI is InChI=1S/C21H23O9P/c1-14(22)28-18-11-10-16(12-19(18)29-15(2)23)13-20(31(25,26-3)27-4)30-21(24)17-8-6-5-7-9-17/h5-12,20H,13H2,1-4H3. The lowest BCUT2D eigenvalue weighted by Gasteiger charge is -2.24. The maximum atomic E-state index is 13.0. The summed E-state index contributed by atoms with van der Waals surface area (Å²) < 4.78 is 38.7. The Bertz CT molecular complexity index is 980. The quantitative estimate of drug-likeness (QED) is 0.320. The van der Waals surface area contributed by atoms with E-state index in [1.165, 1.54) is 40.2 Å². The zero-order valence-electron chi connectivity index (χ0n) is 17.5. The van der Waals surface area contributed by atoms with Crippen LogP contribution in [-0.2, 0) is 34.4 Å². The van der Waals surface area contributed by atoms with E-state index in [9.17, 15) is 18.9 Å². The van der Waals surface area contributed by atoms with Crippen molar-refractivity contribution in [1.29, 1.82) is 0 Å². The van der Waals surface area contributed by atoms with Gasteiger partial charge in [-0.05, 0) is 29.8 Å². The summed E-state index contributed by atoms with van der Waals surface area (Å²) in [7, 11) is -1.48. The van der Waals surface area contributed by atoms with Gasteiger partial charge in [0.2, 0.25) is 5.85 Å². The molecule has 2 aromatic rings. The maximum Gasteiger partial charge on any atom is 0.370 e. The number of ether oxygens (including phenoxy) is 3. The van der Waals surface area contributed by atoms with E-state index in [1.807, 2.05) is 0 Å². The van der Waals surface area contributed by atoms with Crippen LogP contribution in [0.1, 0.15) is 29.8 Å². The van der Waals surface area contributed by atoms with E-state index in [4.69, 9.17) is 23.3 Å². The Kier molecular flexibility index (Phi) is 8.50. The average Bonchev–Trinajstić information content (AvgIpc) is 2.74. The van der Waals surface area contributed by atoms with Gasteiger partial charge in [-0.15, -0.1) is 0 Å². The molecule has 0 saturated heterocycles. The fraction of sp³-hybridized carbons (Fsp3) is 0.286. The molecule has 9 nitrogen and oxygen atoms in total. The van der Waals surface area contributed by atoms with Gasteiger partial charge in [-0.2, -0.15) is 0 Å². The minimum atomic E-state index is -3.84. The second-order valence-corrected chi connectivity index (χ2v) is 8.69. The van der Waals surface area contributed by atoms with Crippen molar-refractivity contribution in [3.63, 3.8) is 0 Å². The summed E-state index contributed by atoms with van der Waals surface area (Å²) in [4.78, 5) is 35.2. The smallest absolute Gasteiger partial charge is 0.370 e. The third kappa shape index (κ3) is 6.75. The van der Waals surface area contributed by atoms with E-state index >= 15 is 0 Å². The Morgan fingerprint density at radius 3 is 2.00 bits per heavy atom. The van der Waals surface area contributed by atoms with Crippen molar-refractivity contribution < 1.29 is 42.2 Å². The summed E-state index contributed by atoms with van der Waals surface area (Å²) in [6, 6.07) is 12.5. The van der Waals surface area contributed by atoms with Crippen LogP contribution in [0.5, 0.6) is 11.5 Å². The molecule has 0 aliphatic rings. The van der Waals surface area contributed by atoms with Gasteiger partial charge in [-0.25, -0.2) is 4.79 Å². The van der Waals surface area contributed by atoms with Crippen molar-refractivity contribution in [2.45, 2.75) is 26.1 Å². The van der Waals surface area contributed by atoms with E-state index in [0.717, 1.165) is 0 Å². The van der Waals surface area contributed by atoms with Gasteiger partial charge in [-0.3, -0.25) is 14.2 Å². The van der Waals surface area contributed by atoms with Crippen molar-refractivity contribution in [1.82, 2.24) is 0 Å². The largest absolute Gasteiger partial charge is 0.445 e. The van der Waals surface area contributed by atoms with Gasteiger partial charge < -0.3 is 23.3 Å². The van der Waals surface area contributed by atoms with Gasteiger partial charge in [0.1, 0.15) is 0 Å². The van der Waals surface area contributed by atoms with Gasteiger partial charge in [0.05, 0.1) is 5.56 Å². The Hall–Kier alpha value is -3.00. The highest BCUT2D eigenvalue weighted by Crippen LogP contribution is 2.53. The molecule has 0 aliphatic heterocycles. The summed E-state index contributed by atoms with van der Waals surface area (Å²) in [5.74, 6) is -3.21. The molecule has 0 radical (unpaired) electrons. The lowest BCUT2D eigenvalue weighted by atomic mass is 10.1. The molecule has 166 valence electrons. The molecular formula is C21H23O9P. The zero-order valence-corrected chi connectivity index (χ0v) is 18.4. The van der Waals surface area contributed by atoms with Crippen LogP contribution in [0.15, 0.2) is 48.5 Å². The molecule has 1 atom stereocenters. The van der Waals surface area contributed by atoms with Crippen molar-refractivity contribution in [2.24, 2.45) is 0 Å². The van der Waals surface area contributed by atoms with Crippen LogP contribution >= 0.6 is 7.60 Å². The Balaban J connectivity index is 2.37. The lowest BCUT2D eigenvalue weighted by molar-refractivity contribution is -0.134. The van der Waals surface area contributed by atoms with E-state index < -0.39 is 31.3 Å². The molecule has 0 aromatic heterocycles. The van der Waals surface area contributed by atoms with Crippen LogP contribution in [0, 0.1) is 0 Å².